The summed E-state index contributed by atoms with van der Waals surface area (Å²) < 4.78 is 18.6. The Balaban J connectivity index is 0.00000169. The number of carbonyl (C=O) groups is 1. The van der Waals surface area contributed by atoms with E-state index in [9.17, 15) is 9.18 Å². The Bertz CT molecular complexity index is 568. The van der Waals surface area contributed by atoms with E-state index in [0.717, 1.165) is 38.3 Å². The molecule has 2 heterocycles. The molecule has 5 nitrogen and oxygen atoms in total. The van der Waals surface area contributed by atoms with Gasteiger partial charge in [-0.15, -0.1) is 24.8 Å². The van der Waals surface area contributed by atoms with Crippen LogP contribution in [0.15, 0.2) is 24.3 Å². The quantitative estimate of drug-likeness (QED) is 0.786. The standard InChI is InChI=1S/C18H26FN3O2.2ClH/c1-24-18(7-9-20-10-8-18)17(23)21-12-14-6-11-22(13-14)16-4-2-15(19)3-5-16;;/h2-5,14,20H,6-13H2,1H3,(H,21,23);2*1H. The predicted molar refractivity (Wildman–Crippen MR) is 106 cm³/mol. The molecule has 148 valence electrons. The fraction of sp³-hybridized carbons (Fsp3) is 0.611. The van der Waals surface area contributed by atoms with Crippen LogP contribution in [0, 0.1) is 11.7 Å². The molecule has 8 heteroatoms. The van der Waals surface area contributed by atoms with E-state index in [0.29, 0.717) is 25.3 Å². The monoisotopic (exact) mass is 407 g/mol. The number of halogens is 3. The molecular weight excluding hydrogens is 380 g/mol. The molecule has 26 heavy (non-hydrogen) atoms. The molecule has 2 fully saturated rings. The van der Waals surface area contributed by atoms with Crippen LogP contribution < -0.4 is 15.5 Å². The highest BCUT2D eigenvalue weighted by Gasteiger charge is 2.39. The molecule has 2 N–H and O–H groups in total. The van der Waals surface area contributed by atoms with Crippen molar-refractivity contribution in [3.8, 4) is 0 Å². The zero-order chi connectivity index (χ0) is 17.0. The van der Waals surface area contributed by atoms with Crippen molar-refractivity contribution in [3.05, 3.63) is 30.1 Å². The van der Waals surface area contributed by atoms with Crippen molar-refractivity contribution < 1.29 is 13.9 Å². The summed E-state index contributed by atoms with van der Waals surface area (Å²) >= 11 is 0. The first-order valence-corrected chi connectivity index (χ1v) is 8.68. The maximum absolute atomic E-state index is 13.0. The Morgan fingerprint density at radius 3 is 2.58 bits per heavy atom. The van der Waals surface area contributed by atoms with E-state index in [-0.39, 0.29) is 36.5 Å². The SMILES string of the molecule is COC1(C(=O)NCC2CCN(c3ccc(F)cc3)C2)CCNCC1.Cl.Cl. The number of benzene rings is 1. The van der Waals surface area contributed by atoms with Gasteiger partial charge in [-0.05, 0) is 62.5 Å². The van der Waals surface area contributed by atoms with Crippen molar-refractivity contribution in [1.29, 1.82) is 0 Å². The lowest BCUT2D eigenvalue weighted by Crippen LogP contribution is -2.54. The summed E-state index contributed by atoms with van der Waals surface area (Å²) in [6, 6.07) is 6.60. The summed E-state index contributed by atoms with van der Waals surface area (Å²) in [5.41, 5.74) is 0.359. The molecule has 0 bridgehead atoms. The van der Waals surface area contributed by atoms with Gasteiger partial charge in [-0.1, -0.05) is 0 Å². The van der Waals surface area contributed by atoms with Crippen LogP contribution in [0.1, 0.15) is 19.3 Å². The molecular formula is C18H28Cl2FN3O2. The number of ether oxygens (including phenoxy) is 1. The normalized spacial score (nSPS) is 21.5. The molecule has 3 rings (SSSR count). The molecule has 2 aliphatic rings. The number of anilines is 1. The van der Waals surface area contributed by atoms with Crippen LogP contribution >= 0.6 is 24.8 Å². The molecule has 2 saturated heterocycles. The number of methoxy groups -OCH3 is 1. The molecule has 0 aromatic heterocycles. The minimum Gasteiger partial charge on any atom is -0.371 e. The molecule has 1 aromatic carbocycles. The highest BCUT2D eigenvalue weighted by atomic mass is 35.5. The van der Waals surface area contributed by atoms with Gasteiger partial charge in [0.2, 0.25) is 0 Å². The van der Waals surface area contributed by atoms with Gasteiger partial charge in [-0.25, -0.2) is 4.39 Å². The van der Waals surface area contributed by atoms with Crippen molar-refractivity contribution in [2.24, 2.45) is 5.92 Å². The van der Waals surface area contributed by atoms with Crippen molar-refractivity contribution in [2.45, 2.75) is 24.9 Å². The van der Waals surface area contributed by atoms with Gasteiger partial charge in [0.1, 0.15) is 11.4 Å². The first-order valence-electron chi connectivity index (χ1n) is 8.68. The fourth-order valence-corrected chi connectivity index (χ4v) is 3.64. The number of piperidine rings is 1. The second-order valence-corrected chi connectivity index (χ2v) is 6.74. The van der Waals surface area contributed by atoms with E-state index < -0.39 is 5.60 Å². The molecule has 0 spiro atoms. The van der Waals surface area contributed by atoms with Gasteiger partial charge in [0, 0.05) is 32.4 Å². The average Bonchev–Trinajstić information content (AvgIpc) is 3.10. The average molecular weight is 408 g/mol. The number of carbonyl (C=O) groups excluding carboxylic acids is 1. The van der Waals surface area contributed by atoms with E-state index >= 15 is 0 Å². The number of hydrogen-bond donors (Lipinski definition) is 2. The highest BCUT2D eigenvalue weighted by molar-refractivity contribution is 5.86. The van der Waals surface area contributed by atoms with E-state index in [2.05, 4.69) is 15.5 Å². The largest absolute Gasteiger partial charge is 0.371 e. The number of hydrogen-bond acceptors (Lipinski definition) is 4. The minimum atomic E-state index is -0.680. The Hall–Kier alpha value is -1.08. The molecule has 0 radical (unpaired) electrons. The maximum atomic E-state index is 13.0. The second-order valence-electron chi connectivity index (χ2n) is 6.74. The third-order valence-electron chi connectivity index (χ3n) is 5.24. The molecule has 0 aliphatic carbocycles. The van der Waals surface area contributed by atoms with Crippen LogP contribution in [-0.2, 0) is 9.53 Å². The lowest BCUT2D eigenvalue weighted by atomic mass is 9.91. The highest BCUT2D eigenvalue weighted by Crippen LogP contribution is 2.25. The van der Waals surface area contributed by atoms with Gasteiger partial charge in [-0.3, -0.25) is 4.79 Å². The third-order valence-corrected chi connectivity index (χ3v) is 5.24. The fourth-order valence-electron chi connectivity index (χ4n) is 3.64. The summed E-state index contributed by atoms with van der Waals surface area (Å²) in [5, 5.41) is 6.35. The van der Waals surface area contributed by atoms with E-state index in [1.807, 2.05) is 12.1 Å². The van der Waals surface area contributed by atoms with Crippen LogP contribution in [0.2, 0.25) is 0 Å². The zero-order valence-electron chi connectivity index (χ0n) is 15.0. The first kappa shape index (κ1) is 23.0. The van der Waals surface area contributed by atoms with Crippen LogP contribution in [0.5, 0.6) is 0 Å². The van der Waals surface area contributed by atoms with E-state index in [4.69, 9.17) is 4.74 Å². The predicted octanol–water partition coefficient (Wildman–Crippen LogP) is 2.38. The van der Waals surface area contributed by atoms with Crippen LogP contribution in [0.3, 0.4) is 0 Å². The first-order chi connectivity index (χ1) is 11.6. The summed E-state index contributed by atoms with van der Waals surface area (Å²) in [6.45, 7) is 4.10. The Morgan fingerprint density at radius 2 is 1.96 bits per heavy atom. The van der Waals surface area contributed by atoms with Gasteiger partial charge in [-0.2, -0.15) is 0 Å². The number of rotatable bonds is 5. The zero-order valence-corrected chi connectivity index (χ0v) is 16.6. The summed E-state index contributed by atoms with van der Waals surface area (Å²) in [6.07, 6.45) is 2.45. The van der Waals surface area contributed by atoms with Crippen molar-refractivity contribution >= 4 is 36.4 Å². The summed E-state index contributed by atoms with van der Waals surface area (Å²) in [7, 11) is 1.62. The van der Waals surface area contributed by atoms with Gasteiger partial charge < -0.3 is 20.3 Å². The lowest BCUT2D eigenvalue weighted by Gasteiger charge is -2.35. The van der Waals surface area contributed by atoms with Crippen LogP contribution in [0.25, 0.3) is 0 Å². The molecule has 1 aromatic rings. The van der Waals surface area contributed by atoms with E-state index in [1.54, 1.807) is 7.11 Å². The maximum Gasteiger partial charge on any atom is 0.252 e. The van der Waals surface area contributed by atoms with Crippen molar-refractivity contribution in [3.63, 3.8) is 0 Å². The van der Waals surface area contributed by atoms with Crippen LogP contribution in [0.4, 0.5) is 10.1 Å². The third kappa shape index (κ3) is 5.22. The number of nitrogens with one attached hydrogen (secondary N) is 2. The lowest BCUT2D eigenvalue weighted by molar-refractivity contribution is -0.146. The van der Waals surface area contributed by atoms with Gasteiger partial charge in [0.15, 0.2) is 0 Å². The van der Waals surface area contributed by atoms with E-state index in [1.165, 1.54) is 12.1 Å². The van der Waals surface area contributed by atoms with Gasteiger partial charge >= 0.3 is 0 Å². The minimum absolute atomic E-state index is 0. The van der Waals surface area contributed by atoms with Crippen molar-refractivity contribution in [1.82, 2.24) is 10.6 Å². The number of amides is 1. The summed E-state index contributed by atoms with van der Waals surface area (Å²) in [4.78, 5) is 14.8. The summed E-state index contributed by atoms with van der Waals surface area (Å²) in [5.74, 6) is 0.204. The molecule has 0 saturated carbocycles. The molecule has 1 unspecified atom stereocenters. The van der Waals surface area contributed by atoms with Gasteiger partial charge in [0.25, 0.3) is 5.91 Å². The topological polar surface area (TPSA) is 53.6 Å². The smallest absolute Gasteiger partial charge is 0.252 e. The molecule has 1 amide bonds. The molecule has 2 aliphatic heterocycles. The number of nitrogens with zero attached hydrogens (tertiary/aromatic N) is 1. The Kier molecular flexibility index (Phi) is 9.10. The molecule has 1 atom stereocenters. The Morgan fingerprint density at radius 1 is 1.31 bits per heavy atom. The van der Waals surface area contributed by atoms with Crippen LogP contribution in [-0.4, -0.2) is 51.3 Å². The van der Waals surface area contributed by atoms with Crippen molar-refractivity contribution in [2.75, 3.05) is 44.7 Å². The Labute approximate surface area is 166 Å². The van der Waals surface area contributed by atoms with Gasteiger partial charge in [0.05, 0.1) is 0 Å². The second kappa shape index (κ2) is 10.3.